The second kappa shape index (κ2) is 6.43. The molecule has 2 aliphatic carbocycles. The number of H-pyrrole nitrogens is 1. The fourth-order valence-electron chi connectivity index (χ4n) is 4.40. The summed E-state index contributed by atoms with van der Waals surface area (Å²) in [5.74, 6) is -1.56. The first-order valence-electron chi connectivity index (χ1n) is 9.68. The molecule has 2 atom stereocenters. The normalized spacial score (nSPS) is 25.1. The number of hydrogen-bond donors (Lipinski definition) is 1. The minimum atomic E-state index is -2.60. The molecule has 0 spiro atoms. The Morgan fingerprint density at radius 3 is 2.57 bits per heavy atom. The Kier molecular flexibility index (Phi) is 4.12. The summed E-state index contributed by atoms with van der Waals surface area (Å²) in [5.41, 5.74) is 1.35. The van der Waals surface area contributed by atoms with E-state index in [0.29, 0.717) is 29.7 Å². The highest BCUT2D eigenvalue weighted by Gasteiger charge is 2.38. The average Bonchev–Trinajstić information content (AvgIpc) is 3.21. The molecule has 3 aromatic heterocycles. The number of aryl methyl sites for hydroxylation is 1. The molecule has 5 rings (SSSR count). The first kappa shape index (κ1) is 17.9. The number of aromatic nitrogens is 5. The quantitative estimate of drug-likeness (QED) is 0.705. The van der Waals surface area contributed by atoms with E-state index in [1.165, 1.54) is 6.20 Å². The van der Waals surface area contributed by atoms with E-state index in [1.54, 1.807) is 16.0 Å². The summed E-state index contributed by atoms with van der Waals surface area (Å²) < 4.78 is 28.7. The first-order chi connectivity index (χ1) is 13.4. The van der Waals surface area contributed by atoms with Gasteiger partial charge in [0, 0.05) is 30.1 Å². The van der Waals surface area contributed by atoms with Gasteiger partial charge in [-0.15, -0.1) is 11.3 Å². The Morgan fingerprint density at radius 2 is 1.93 bits per heavy atom. The maximum absolute atomic E-state index is 13.5. The highest BCUT2D eigenvalue weighted by atomic mass is 32.1. The molecular formula is C19H21F2N5OS. The van der Waals surface area contributed by atoms with Gasteiger partial charge in [-0.3, -0.25) is 4.79 Å². The average molecular weight is 405 g/mol. The van der Waals surface area contributed by atoms with E-state index in [0.717, 1.165) is 23.5 Å². The van der Waals surface area contributed by atoms with Gasteiger partial charge in [0.15, 0.2) is 5.65 Å². The molecule has 1 unspecified atom stereocenters. The summed E-state index contributed by atoms with van der Waals surface area (Å²) >= 11 is 1.63. The van der Waals surface area contributed by atoms with Crippen LogP contribution in [0, 0.1) is 6.92 Å². The first-order valence-corrected chi connectivity index (χ1v) is 10.6. The monoisotopic (exact) mass is 405 g/mol. The number of thiazole rings is 1. The van der Waals surface area contributed by atoms with Crippen molar-refractivity contribution in [2.24, 2.45) is 0 Å². The summed E-state index contributed by atoms with van der Waals surface area (Å²) in [4.78, 5) is 24.9. The van der Waals surface area contributed by atoms with E-state index in [2.05, 4.69) is 20.4 Å². The van der Waals surface area contributed by atoms with Crippen LogP contribution in [0.2, 0.25) is 0 Å². The number of aromatic amines is 1. The third kappa shape index (κ3) is 2.96. The van der Waals surface area contributed by atoms with Crippen LogP contribution in [0.3, 0.4) is 0 Å². The predicted molar refractivity (Wildman–Crippen MR) is 102 cm³/mol. The lowest BCUT2D eigenvalue weighted by Crippen LogP contribution is -2.28. The molecule has 0 amide bonds. The predicted octanol–water partition coefficient (Wildman–Crippen LogP) is 4.30. The molecule has 28 heavy (non-hydrogen) atoms. The van der Waals surface area contributed by atoms with Gasteiger partial charge in [0.1, 0.15) is 11.2 Å². The molecule has 0 bridgehead atoms. The van der Waals surface area contributed by atoms with Gasteiger partial charge in [-0.25, -0.2) is 23.4 Å². The Bertz CT molecular complexity index is 1080. The van der Waals surface area contributed by atoms with Gasteiger partial charge in [0.2, 0.25) is 5.92 Å². The van der Waals surface area contributed by atoms with Gasteiger partial charge in [-0.1, -0.05) is 0 Å². The van der Waals surface area contributed by atoms with Crippen LogP contribution in [0.25, 0.3) is 11.0 Å². The second-order valence-corrected chi connectivity index (χ2v) is 9.01. The van der Waals surface area contributed by atoms with Gasteiger partial charge >= 0.3 is 0 Å². The van der Waals surface area contributed by atoms with Gasteiger partial charge in [0.25, 0.3) is 5.56 Å². The largest absolute Gasteiger partial charge is 0.310 e. The van der Waals surface area contributed by atoms with E-state index in [-0.39, 0.29) is 36.3 Å². The van der Waals surface area contributed by atoms with Crippen LogP contribution in [0.5, 0.6) is 0 Å². The van der Waals surface area contributed by atoms with Crippen LogP contribution in [-0.4, -0.2) is 30.7 Å². The molecular weight excluding hydrogens is 384 g/mol. The minimum absolute atomic E-state index is 0.123. The third-order valence-corrected chi connectivity index (χ3v) is 6.95. The molecule has 2 saturated carbocycles. The molecule has 0 aromatic carbocycles. The lowest BCUT2D eigenvalue weighted by Gasteiger charge is -2.34. The highest BCUT2D eigenvalue weighted by Crippen LogP contribution is 2.48. The zero-order valence-corrected chi connectivity index (χ0v) is 16.3. The Balaban J connectivity index is 1.49. The summed E-state index contributed by atoms with van der Waals surface area (Å²) in [6, 6.07) is -0.141. The molecule has 2 fully saturated rings. The molecule has 2 aliphatic rings. The second-order valence-electron chi connectivity index (χ2n) is 7.95. The Morgan fingerprint density at radius 1 is 1.18 bits per heavy atom. The Hall–Kier alpha value is -2.16. The number of nitrogens with zero attached hydrogens (tertiary/aromatic N) is 4. The van der Waals surface area contributed by atoms with Crippen molar-refractivity contribution in [3.05, 3.63) is 38.5 Å². The standard InChI is InChI=1S/C19H21F2N5OS/c1-10-23-15(9-28-10)12-2-3-13(12)16-24-17-14(18(27)25-16)8-22-26(17)11-4-6-19(20,21)7-5-11/h8-9,11-13H,2-7H2,1H3,(H,24,25,27)/t12?,13-/m0/s1. The summed E-state index contributed by atoms with van der Waals surface area (Å²) in [6.45, 7) is 1.99. The van der Waals surface area contributed by atoms with Crippen molar-refractivity contribution in [2.75, 3.05) is 0 Å². The molecule has 6 nitrogen and oxygen atoms in total. The Labute approximate surface area is 164 Å². The van der Waals surface area contributed by atoms with E-state index in [4.69, 9.17) is 4.98 Å². The van der Waals surface area contributed by atoms with Crippen LogP contribution in [0.15, 0.2) is 16.4 Å². The summed E-state index contributed by atoms with van der Waals surface area (Å²) in [6.07, 6.45) is 3.85. The molecule has 9 heteroatoms. The number of fused-ring (bicyclic) bond motifs is 1. The van der Waals surface area contributed by atoms with E-state index < -0.39 is 5.92 Å². The number of nitrogens with one attached hydrogen (secondary N) is 1. The van der Waals surface area contributed by atoms with Gasteiger partial charge < -0.3 is 4.98 Å². The molecule has 1 N–H and O–H groups in total. The molecule has 0 aliphatic heterocycles. The van der Waals surface area contributed by atoms with Crippen molar-refractivity contribution in [3.63, 3.8) is 0 Å². The smallest absolute Gasteiger partial charge is 0.262 e. The van der Waals surface area contributed by atoms with Crippen LogP contribution in [0.1, 0.15) is 72.9 Å². The lowest BCUT2D eigenvalue weighted by atomic mass is 9.71. The maximum Gasteiger partial charge on any atom is 0.262 e. The lowest BCUT2D eigenvalue weighted by molar-refractivity contribution is -0.0446. The van der Waals surface area contributed by atoms with E-state index >= 15 is 0 Å². The number of alkyl halides is 2. The molecule has 0 saturated heterocycles. The number of rotatable bonds is 3. The van der Waals surface area contributed by atoms with Crippen molar-refractivity contribution >= 4 is 22.4 Å². The van der Waals surface area contributed by atoms with Crippen molar-refractivity contribution in [2.45, 2.75) is 69.2 Å². The number of hydrogen-bond acceptors (Lipinski definition) is 5. The minimum Gasteiger partial charge on any atom is -0.310 e. The van der Waals surface area contributed by atoms with Gasteiger partial charge in [0.05, 0.1) is 22.9 Å². The zero-order valence-electron chi connectivity index (χ0n) is 15.5. The van der Waals surface area contributed by atoms with Crippen molar-refractivity contribution in [3.8, 4) is 0 Å². The third-order valence-electron chi connectivity index (χ3n) is 6.16. The number of halogens is 2. The van der Waals surface area contributed by atoms with Gasteiger partial charge in [-0.05, 0) is 32.6 Å². The molecule has 0 radical (unpaired) electrons. The fraction of sp³-hybridized carbons (Fsp3) is 0.579. The molecule has 148 valence electrons. The van der Waals surface area contributed by atoms with Crippen LogP contribution < -0.4 is 5.56 Å². The zero-order chi connectivity index (χ0) is 19.5. The summed E-state index contributed by atoms with van der Waals surface area (Å²) in [7, 11) is 0. The van der Waals surface area contributed by atoms with E-state index in [1.807, 2.05) is 6.92 Å². The van der Waals surface area contributed by atoms with E-state index in [9.17, 15) is 13.6 Å². The van der Waals surface area contributed by atoms with Crippen LogP contribution in [-0.2, 0) is 0 Å². The topological polar surface area (TPSA) is 76.5 Å². The summed E-state index contributed by atoms with van der Waals surface area (Å²) in [5, 5.41) is 7.86. The van der Waals surface area contributed by atoms with Crippen molar-refractivity contribution in [1.82, 2.24) is 24.7 Å². The van der Waals surface area contributed by atoms with Crippen LogP contribution in [0.4, 0.5) is 8.78 Å². The molecule has 3 heterocycles. The van der Waals surface area contributed by atoms with Gasteiger partial charge in [-0.2, -0.15) is 5.10 Å². The fourth-order valence-corrected chi connectivity index (χ4v) is 5.07. The maximum atomic E-state index is 13.5. The van der Waals surface area contributed by atoms with Crippen molar-refractivity contribution < 1.29 is 8.78 Å². The SMILES string of the molecule is Cc1nc(C2CC[C@@H]2c2nc3c(cnn3C3CCC(F)(F)CC3)c(=O)[nH]2)cs1. The molecule has 3 aromatic rings. The van der Waals surface area contributed by atoms with Crippen molar-refractivity contribution in [1.29, 1.82) is 0 Å². The van der Waals surface area contributed by atoms with Crippen LogP contribution >= 0.6 is 11.3 Å². The highest BCUT2D eigenvalue weighted by molar-refractivity contribution is 7.09.